The Morgan fingerprint density at radius 1 is 1.26 bits per heavy atom. The van der Waals surface area contributed by atoms with Gasteiger partial charge in [0.25, 0.3) is 0 Å². The van der Waals surface area contributed by atoms with Crippen molar-refractivity contribution in [2.24, 2.45) is 5.92 Å². The molecule has 0 aromatic carbocycles. The Kier molecular flexibility index (Phi) is 4.28. The molecule has 2 heterocycles. The van der Waals surface area contributed by atoms with E-state index in [1.807, 2.05) is 6.08 Å². The van der Waals surface area contributed by atoms with E-state index in [2.05, 4.69) is 11.1 Å². The number of alkyl halides is 3. The van der Waals surface area contributed by atoms with Gasteiger partial charge in [-0.15, -0.1) is 0 Å². The fourth-order valence-electron chi connectivity index (χ4n) is 2.78. The van der Waals surface area contributed by atoms with Crippen LogP contribution in [-0.4, -0.2) is 35.0 Å². The van der Waals surface area contributed by atoms with Crippen LogP contribution in [0.25, 0.3) is 0 Å². The summed E-state index contributed by atoms with van der Waals surface area (Å²) in [5.41, 5.74) is -0.976. The Bertz CT molecular complexity index is 610. The molecule has 7 heteroatoms. The number of allylic oxidation sites excluding steroid dienone is 2. The number of carbonyl (C=O) groups excluding carboxylic acids is 1. The van der Waals surface area contributed by atoms with Gasteiger partial charge >= 0.3 is 6.18 Å². The summed E-state index contributed by atoms with van der Waals surface area (Å²) in [5, 5.41) is 0. The second-order valence-corrected chi connectivity index (χ2v) is 5.82. The molecule has 0 spiro atoms. The molecule has 1 saturated heterocycles. The van der Waals surface area contributed by atoms with E-state index in [1.165, 1.54) is 12.1 Å². The molecule has 1 fully saturated rings. The van der Waals surface area contributed by atoms with E-state index < -0.39 is 11.9 Å². The first-order valence-corrected chi connectivity index (χ1v) is 7.58. The van der Waals surface area contributed by atoms with Gasteiger partial charge in [-0.05, 0) is 25.3 Å². The summed E-state index contributed by atoms with van der Waals surface area (Å²) < 4.78 is 43.2. The van der Waals surface area contributed by atoms with Crippen molar-refractivity contribution in [1.29, 1.82) is 0 Å². The zero-order chi connectivity index (χ0) is 16.4. The Hall–Kier alpha value is -2.05. The second kappa shape index (κ2) is 6.22. The molecule has 23 heavy (non-hydrogen) atoms. The van der Waals surface area contributed by atoms with Crippen LogP contribution in [0.3, 0.4) is 0 Å². The maximum Gasteiger partial charge on any atom is 0.433 e. The van der Waals surface area contributed by atoms with Crippen molar-refractivity contribution < 1.29 is 22.7 Å². The molecule has 0 N–H and O–H groups in total. The summed E-state index contributed by atoms with van der Waals surface area (Å²) in [6, 6.07) is 3.56. The Balaban J connectivity index is 1.52. The molecule has 0 saturated carbocycles. The molecule has 4 nitrogen and oxygen atoms in total. The number of ether oxygens (including phenoxy) is 1. The van der Waals surface area contributed by atoms with E-state index in [0.717, 1.165) is 25.3 Å². The van der Waals surface area contributed by atoms with Crippen LogP contribution < -0.4 is 4.74 Å². The van der Waals surface area contributed by atoms with Gasteiger partial charge in [-0.3, -0.25) is 4.79 Å². The highest BCUT2D eigenvalue weighted by Crippen LogP contribution is 2.29. The van der Waals surface area contributed by atoms with Gasteiger partial charge in [0.15, 0.2) is 0 Å². The fraction of sp³-hybridized carbons (Fsp3) is 0.500. The second-order valence-electron chi connectivity index (χ2n) is 5.82. The zero-order valence-corrected chi connectivity index (χ0v) is 12.4. The quantitative estimate of drug-likeness (QED) is 0.802. The van der Waals surface area contributed by atoms with Gasteiger partial charge in [0.05, 0.1) is 13.1 Å². The fourth-order valence-corrected chi connectivity index (χ4v) is 2.78. The molecule has 1 aromatic heterocycles. The van der Waals surface area contributed by atoms with Crippen molar-refractivity contribution >= 4 is 5.91 Å². The predicted molar refractivity (Wildman–Crippen MR) is 76.7 cm³/mol. The minimum Gasteiger partial charge on any atom is -0.471 e. The number of hydrogen-bond acceptors (Lipinski definition) is 3. The van der Waals surface area contributed by atoms with Crippen LogP contribution in [0.5, 0.6) is 5.88 Å². The van der Waals surface area contributed by atoms with Crippen molar-refractivity contribution in [2.45, 2.75) is 31.5 Å². The van der Waals surface area contributed by atoms with Crippen LogP contribution in [0.15, 0.2) is 30.4 Å². The number of pyridine rings is 1. The van der Waals surface area contributed by atoms with E-state index in [9.17, 15) is 18.0 Å². The van der Waals surface area contributed by atoms with Gasteiger partial charge in [-0.25, -0.2) is 4.98 Å². The van der Waals surface area contributed by atoms with Crippen molar-refractivity contribution in [1.82, 2.24) is 9.88 Å². The minimum absolute atomic E-state index is 0.0210. The van der Waals surface area contributed by atoms with Gasteiger partial charge in [0.2, 0.25) is 11.8 Å². The lowest BCUT2D eigenvalue weighted by Crippen LogP contribution is -2.57. The summed E-state index contributed by atoms with van der Waals surface area (Å²) >= 11 is 0. The first-order chi connectivity index (χ1) is 10.9. The smallest absolute Gasteiger partial charge is 0.433 e. The largest absolute Gasteiger partial charge is 0.471 e. The zero-order valence-electron chi connectivity index (χ0n) is 12.4. The summed E-state index contributed by atoms with van der Waals surface area (Å²) in [6.07, 6.45) is 1.84. The molecular formula is C16H17F3N2O2. The van der Waals surface area contributed by atoms with Crippen LogP contribution >= 0.6 is 0 Å². The highest BCUT2D eigenvalue weighted by Gasteiger charge is 2.37. The van der Waals surface area contributed by atoms with Gasteiger partial charge < -0.3 is 9.64 Å². The van der Waals surface area contributed by atoms with E-state index in [-0.39, 0.29) is 23.8 Å². The van der Waals surface area contributed by atoms with Gasteiger partial charge in [-0.2, -0.15) is 13.2 Å². The molecule has 3 rings (SSSR count). The summed E-state index contributed by atoms with van der Waals surface area (Å²) in [6.45, 7) is 0.800. The average Bonchev–Trinajstić information content (AvgIpc) is 2.50. The van der Waals surface area contributed by atoms with E-state index in [4.69, 9.17) is 4.74 Å². The van der Waals surface area contributed by atoms with Gasteiger partial charge in [0, 0.05) is 12.0 Å². The highest BCUT2D eigenvalue weighted by molar-refractivity contribution is 5.80. The van der Waals surface area contributed by atoms with Gasteiger partial charge in [-0.1, -0.05) is 18.2 Å². The lowest BCUT2D eigenvalue weighted by atomic mass is 9.92. The molecule has 2 aliphatic rings. The Morgan fingerprint density at radius 3 is 2.70 bits per heavy atom. The summed E-state index contributed by atoms with van der Waals surface area (Å²) in [4.78, 5) is 17.4. The highest BCUT2D eigenvalue weighted by atomic mass is 19.4. The van der Waals surface area contributed by atoms with Crippen molar-refractivity contribution in [3.63, 3.8) is 0 Å². The third kappa shape index (κ3) is 3.65. The van der Waals surface area contributed by atoms with Crippen molar-refractivity contribution in [2.75, 3.05) is 13.1 Å². The standard InChI is InChI=1S/C16H17F3N2O2/c17-16(18,19)13-7-4-8-14(20-13)23-12-9-21(10-12)15(22)11-5-2-1-3-6-11/h1-2,4,7-8,11-12H,3,5-6,9-10H2. The van der Waals surface area contributed by atoms with E-state index >= 15 is 0 Å². The molecule has 1 amide bonds. The molecule has 1 unspecified atom stereocenters. The SMILES string of the molecule is O=C(C1CC=CCC1)N1CC(Oc2cccc(C(F)(F)F)n2)C1. The number of nitrogens with zero attached hydrogens (tertiary/aromatic N) is 2. The molecule has 0 radical (unpaired) electrons. The van der Waals surface area contributed by atoms with Gasteiger partial charge in [0.1, 0.15) is 11.8 Å². The lowest BCUT2D eigenvalue weighted by Gasteiger charge is -2.40. The topological polar surface area (TPSA) is 42.4 Å². The van der Waals surface area contributed by atoms with E-state index in [1.54, 1.807) is 4.90 Å². The average molecular weight is 326 g/mol. The molecule has 124 valence electrons. The number of carbonyl (C=O) groups is 1. The Labute approximate surface area is 131 Å². The first-order valence-electron chi connectivity index (χ1n) is 7.58. The predicted octanol–water partition coefficient (Wildman–Crippen LogP) is 3.05. The van der Waals surface area contributed by atoms with Crippen LogP contribution in [0.2, 0.25) is 0 Å². The maximum atomic E-state index is 12.6. The number of amides is 1. The molecule has 0 bridgehead atoms. The lowest BCUT2D eigenvalue weighted by molar-refractivity contribution is -0.145. The third-order valence-corrected chi connectivity index (χ3v) is 4.08. The normalized spacial score (nSPS) is 21.9. The molecule has 1 aliphatic carbocycles. The number of rotatable bonds is 3. The molecule has 1 aromatic rings. The minimum atomic E-state index is -4.49. The van der Waals surface area contributed by atoms with Crippen LogP contribution in [-0.2, 0) is 11.0 Å². The number of hydrogen-bond donors (Lipinski definition) is 0. The summed E-state index contributed by atoms with van der Waals surface area (Å²) in [5.74, 6) is 0.0661. The van der Waals surface area contributed by atoms with E-state index in [0.29, 0.717) is 13.1 Å². The van der Waals surface area contributed by atoms with Crippen LogP contribution in [0.1, 0.15) is 25.0 Å². The molecule has 1 atom stereocenters. The number of likely N-dealkylation sites (tertiary alicyclic amines) is 1. The number of halogens is 3. The number of aromatic nitrogens is 1. The van der Waals surface area contributed by atoms with Crippen LogP contribution in [0.4, 0.5) is 13.2 Å². The first kappa shape index (κ1) is 15.8. The monoisotopic (exact) mass is 326 g/mol. The summed E-state index contributed by atoms with van der Waals surface area (Å²) in [7, 11) is 0. The van der Waals surface area contributed by atoms with Crippen molar-refractivity contribution in [3.8, 4) is 5.88 Å². The third-order valence-electron chi connectivity index (χ3n) is 4.08. The Morgan fingerprint density at radius 2 is 2.04 bits per heavy atom. The molecular weight excluding hydrogens is 309 g/mol. The molecule has 1 aliphatic heterocycles. The maximum absolute atomic E-state index is 12.6. The van der Waals surface area contributed by atoms with Crippen LogP contribution in [0, 0.1) is 5.92 Å². The van der Waals surface area contributed by atoms with Crippen molar-refractivity contribution in [3.05, 3.63) is 36.0 Å².